The predicted molar refractivity (Wildman–Crippen MR) is 85.5 cm³/mol. The molecule has 0 aliphatic carbocycles. The van der Waals surface area contributed by atoms with Crippen molar-refractivity contribution in [3.8, 4) is 0 Å². The third kappa shape index (κ3) is 2.42. The molecule has 0 amide bonds. The van der Waals surface area contributed by atoms with E-state index in [0.717, 1.165) is 0 Å². The maximum absolute atomic E-state index is 5.83. The zero-order valence-electron chi connectivity index (χ0n) is 9.96. The highest BCUT2D eigenvalue weighted by molar-refractivity contribution is 8.06. The molecule has 2 atom stereocenters. The van der Waals surface area contributed by atoms with E-state index in [9.17, 15) is 0 Å². The second kappa shape index (κ2) is 5.84. The van der Waals surface area contributed by atoms with Gasteiger partial charge < -0.3 is 0 Å². The summed E-state index contributed by atoms with van der Waals surface area (Å²) >= 11 is 5.89. The molecule has 1 aromatic carbocycles. The summed E-state index contributed by atoms with van der Waals surface area (Å²) in [6.45, 7) is 0. The fourth-order valence-electron chi connectivity index (χ4n) is 2.36. The van der Waals surface area contributed by atoms with E-state index < -0.39 is 0 Å². The maximum Gasteiger partial charge on any atom is 0.0600 e. The number of benzene rings is 1. The van der Waals surface area contributed by atoms with Crippen molar-refractivity contribution >= 4 is 44.9 Å². The second-order valence-electron chi connectivity index (χ2n) is 4.31. The number of fused-ring (bicyclic) bond motifs is 1. The molecule has 2 aromatic rings. The van der Waals surface area contributed by atoms with Gasteiger partial charge in [0, 0.05) is 27.2 Å². The van der Waals surface area contributed by atoms with Gasteiger partial charge in [0.15, 0.2) is 0 Å². The van der Waals surface area contributed by atoms with Crippen molar-refractivity contribution in [1.82, 2.24) is 5.43 Å². The number of nitrogens with one attached hydrogen (secondary N) is 1. The van der Waals surface area contributed by atoms with E-state index in [2.05, 4.69) is 35.1 Å². The lowest BCUT2D eigenvalue weighted by Crippen LogP contribution is -2.37. The number of thiophene rings is 1. The van der Waals surface area contributed by atoms with Gasteiger partial charge in [-0.05, 0) is 22.4 Å². The maximum atomic E-state index is 5.83. The molecule has 0 saturated carbocycles. The Morgan fingerprint density at radius 3 is 3.00 bits per heavy atom. The van der Waals surface area contributed by atoms with Crippen LogP contribution in [0.4, 0.5) is 0 Å². The summed E-state index contributed by atoms with van der Waals surface area (Å²) in [5, 5.41) is 4.05. The third-order valence-corrected chi connectivity index (χ3v) is 7.08. The van der Waals surface area contributed by atoms with Crippen LogP contribution in [0.2, 0.25) is 0 Å². The third-order valence-electron chi connectivity index (χ3n) is 3.24. The highest BCUT2D eigenvalue weighted by atomic mass is 32.2. The number of hydrogen-bond acceptors (Lipinski definition) is 5. The highest BCUT2D eigenvalue weighted by Crippen LogP contribution is 2.37. The number of hydrazine groups is 1. The van der Waals surface area contributed by atoms with Crippen LogP contribution < -0.4 is 11.3 Å². The second-order valence-corrected chi connectivity index (χ2v) is 7.73. The van der Waals surface area contributed by atoms with Gasteiger partial charge in [0.2, 0.25) is 0 Å². The summed E-state index contributed by atoms with van der Waals surface area (Å²) < 4.78 is 1.37. The van der Waals surface area contributed by atoms with Crippen LogP contribution in [0.15, 0.2) is 29.6 Å². The molecule has 18 heavy (non-hydrogen) atoms. The first-order valence-electron chi connectivity index (χ1n) is 6.02. The van der Waals surface area contributed by atoms with E-state index in [4.69, 9.17) is 5.84 Å². The first-order chi connectivity index (χ1) is 8.90. The molecule has 1 fully saturated rings. The topological polar surface area (TPSA) is 38.0 Å². The monoisotopic (exact) mass is 296 g/mol. The van der Waals surface area contributed by atoms with Gasteiger partial charge in [0.1, 0.15) is 0 Å². The lowest BCUT2D eigenvalue weighted by atomic mass is 10.0. The Hall–Kier alpha value is -0.200. The Kier molecular flexibility index (Phi) is 4.16. The van der Waals surface area contributed by atoms with Gasteiger partial charge in [-0.2, -0.15) is 23.5 Å². The van der Waals surface area contributed by atoms with Crippen molar-refractivity contribution in [2.24, 2.45) is 5.84 Å². The first-order valence-corrected chi connectivity index (χ1v) is 9.10. The van der Waals surface area contributed by atoms with Crippen LogP contribution in [-0.2, 0) is 0 Å². The predicted octanol–water partition coefficient (Wildman–Crippen LogP) is 3.25. The lowest BCUT2D eigenvalue weighted by Gasteiger charge is -2.29. The van der Waals surface area contributed by atoms with Crippen LogP contribution in [0.1, 0.15) is 11.6 Å². The summed E-state index contributed by atoms with van der Waals surface area (Å²) in [4.78, 5) is 0. The Labute approximate surface area is 120 Å². The van der Waals surface area contributed by atoms with Crippen molar-refractivity contribution in [2.75, 3.05) is 17.3 Å². The average Bonchev–Trinajstić information content (AvgIpc) is 2.90. The van der Waals surface area contributed by atoms with Crippen LogP contribution in [0.3, 0.4) is 0 Å². The Balaban J connectivity index is 1.97. The summed E-state index contributed by atoms with van der Waals surface area (Å²) in [7, 11) is 0. The van der Waals surface area contributed by atoms with Gasteiger partial charge in [-0.25, -0.2) is 0 Å². The molecule has 1 aromatic heterocycles. The Morgan fingerprint density at radius 2 is 2.22 bits per heavy atom. The van der Waals surface area contributed by atoms with Gasteiger partial charge in [-0.15, -0.1) is 11.3 Å². The molecule has 0 radical (unpaired) electrons. The minimum Gasteiger partial charge on any atom is -0.271 e. The fourth-order valence-corrected chi connectivity index (χ4v) is 6.15. The first kappa shape index (κ1) is 12.8. The van der Waals surface area contributed by atoms with E-state index in [1.807, 2.05) is 34.9 Å². The molecular weight excluding hydrogens is 280 g/mol. The van der Waals surface area contributed by atoms with Gasteiger partial charge >= 0.3 is 0 Å². The molecule has 2 unspecified atom stereocenters. The standard InChI is InChI=1S/C13H16N2S3/c14-15-12(11-8-16-6-7-17-11)10-3-1-2-9-4-5-18-13(9)10/h1-5,11-12,15H,6-8,14H2. The van der Waals surface area contributed by atoms with Crippen molar-refractivity contribution < 1.29 is 0 Å². The quantitative estimate of drug-likeness (QED) is 0.673. The molecule has 5 heteroatoms. The lowest BCUT2D eigenvalue weighted by molar-refractivity contribution is 0.557. The normalized spacial score (nSPS) is 22.2. The van der Waals surface area contributed by atoms with Crippen LogP contribution in [-0.4, -0.2) is 22.5 Å². The molecule has 1 saturated heterocycles. The molecule has 0 spiro atoms. The van der Waals surface area contributed by atoms with Crippen molar-refractivity contribution in [2.45, 2.75) is 11.3 Å². The molecule has 1 aliphatic rings. The van der Waals surface area contributed by atoms with Crippen LogP contribution in [0.5, 0.6) is 0 Å². The van der Waals surface area contributed by atoms with Gasteiger partial charge in [-0.1, -0.05) is 18.2 Å². The van der Waals surface area contributed by atoms with Gasteiger partial charge in [0.25, 0.3) is 0 Å². The largest absolute Gasteiger partial charge is 0.271 e. The number of hydrogen-bond donors (Lipinski definition) is 2. The SMILES string of the molecule is NNC(c1cccc2ccsc12)C1CSCCS1. The molecule has 96 valence electrons. The summed E-state index contributed by atoms with van der Waals surface area (Å²) in [5.41, 5.74) is 4.39. The Bertz CT molecular complexity index is 520. The van der Waals surface area contributed by atoms with Gasteiger partial charge in [0.05, 0.1) is 6.04 Å². The highest BCUT2D eigenvalue weighted by Gasteiger charge is 2.26. The van der Waals surface area contributed by atoms with E-state index in [0.29, 0.717) is 5.25 Å². The van der Waals surface area contributed by atoms with Crippen molar-refractivity contribution in [3.63, 3.8) is 0 Å². The molecule has 2 nitrogen and oxygen atoms in total. The average molecular weight is 296 g/mol. The molecule has 2 heterocycles. The number of thioether (sulfide) groups is 2. The minimum atomic E-state index is 0.255. The molecule has 3 rings (SSSR count). The molecule has 3 N–H and O–H groups in total. The minimum absolute atomic E-state index is 0.255. The number of rotatable bonds is 3. The van der Waals surface area contributed by atoms with Crippen molar-refractivity contribution in [1.29, 1.82) is 0 Å². The summed E-state index contributed by atoms with van der Waals surface area (Å²) in [6.07, 6.45) is 0. The van der Waals surface area contributed by atoms with E-state index in [-0.39, 0.29) is 6.04 Å². The molecule has 0 bridgehead atoms. The number of nitrogens with two attached hydrogens (primary N) is 1. The zero-order valence-corrected chi connectivity index (χ0v) is 12.4. The van der Waals surface area contributed by atoms with Crippen LogP contribution >= 0.6 is 34.9 Å². The zero-order chi connectivity index (χ0) is 12.4. The fraction of sp³-hybridized carbons (Fsp3) is 0.385. The molecular formula is C13H16N2S3. The summed E-state index contributed by atoms with van der Waals surface area (Å²) in [6, 6.07) is 8.95. The Morgan fingerprint density at radius 1 is 1.28 bits per heavy atom. The van der Waals surface area contributed by atoms with Crippen molar-refractivity contribution in [3.05, 3.63) is 35.2 Å². The van der Waals surface area contributed by atoms with E-state index in [1.165, 1.54) is 32.9 Å². The summed E-state index contributed by atoms with van der Waals surface area (Å²) in [5.74, 6) is 9.50. The van der Waals surface area contributed by atoms with Crippen LogP contribution in [0.25, 0.3) is 10.1 Å². The van der Waals surface area contributed by atoms with Gasteiger partial charge in [-0.3, -0.25) is 11.3 Å². The molecule has 1 aliphatic heterocycles. The smallest absolute Gasteiger partial charge is 0.0600 e. The van der Waals surface area contributed by atoms with E-state index >= 15 is 0 Å². The van der Waals surface area contributed by atoms with Crippen LogP contribution in [0, 0.1) is 0 Å². The van der Waals surface area contributed by atoms with E-state index in [1.54, 1.807) is 0 Å².